The lowest BCUT2D eigenvalue weighted by Crippen LogP contribution is -2.21. The zero-order valence-corrected chi connectivity index (χ0v) is 12.9. The van der Waals surface area contributed by atoms with Gasteiger partial charge in [0.25, 0.3) is 0 Å². The minimum atomic E-state index is -0.531. The van der Waals surface area contributed by atoms with Crippen LogP contribution in [0.5, 0.6) is 5.75 Å². The van der Waals surface area contributed by atoms with Crippen molar-refractivity contribution in [1.29, 1.82) is 0 Å². The van der Waals surface area contributed by atoms with Crippen LogP contribution in [0.3, 0.4) is 0 Å². The number of Topliss-reactive ketones (excluding diaryl/α,β-unsaturated/α-hetero) is 1. The summed E-state index contributed by atoms with van der Waals surface area (Å²) < 4.78 is 11.1. The molecular formula is C17H20O4. The summed E-state index contributed by atoms with van der Waals surface area (Å²) in [6, 6.07) is 5.20. The molecule has 4 nitrogen and oxygen atoms in total. The summed E-state index contributed by atoms with van der Waals surface area (Å²) in [5.74, 6) is 0.555. The molecule has 0 aliphatic carbocycles. The SMILES string of the molecule is CCCc1cc(=O)oc2cc(C)cc(OC(C)C(C)=O)c12. The molecular weight excluding hydrogens is 268 g/mol. The maximum atomic E-state index is 11.7. The minimum Gasteiger partial charge on any atom is -0.482 e. The fraction of sp³-hybridized carbons (Fsp3) is 0.412. The fourth-order valence-electron chi connectivity index (χ4n) is 2.30. The van der Waals surface area contributed by atoms with Crippen molar-refractivity contribution >= 4 is 16.8 Å². The van der Waals surface area contributed by atoms with E-state index in [4.69, 9.17) is 9.15 Å². The summed E-state index contributed by atoms with van der Waals surface area (Å²) in [7, 11) is 0. The van der Waals surface area contributed by atoms with Crippen LogP contribution in [0.15, 0.2) is 27.4 Å². The molecule has 112 valence electrons. The first-order valence-electron chi connectivity index (χ1n) is 7.17. The van der Waals surface area contributed by atoms with Crippen LogP contribution in [0, 0.1) is 6.92 Å². The number of carbonyl (C=O) groups is 1. The van der Waals surface area contributed by atoms with Gasteiger partial charge in [0.1, 0.15) is 11.3 Å². The summed E-state index contributed by atoms with van der Waals surface area (Å²) >= 11 is 0. The molecule has 0 bridgehead atoms. The summed E-state index contributed by atoms with van der Waals surface area (Å²) in [6.45, 7) is 7.16. The lowest BCUT2D eigenvalue weighted by atomic mass is 10.0. The largest absolute Gasteiger partial charge is 0.482 e. The predicted octanol–water partition coefficient (Wildman–Crippen LogP) is 3.41. The first-order chi connectivity index (χ1) is 9.92. The standard InChI is InChI=1S/C17H20O4/c1-5-6-13-9-16(19)21-15-8-10(2)7-14(17(13)15)20-12(4)11(3)18/h7-9,12H,5-6H2,1-4H3. The Kier molecular flexibility index (Phi) is 4.46. The van der Waals surface area contributed by atoms with E-state index in [1.807, 2.05) is 26.0 Å². The van der Waals surface area contributed by atoms with Gasteiger partial charge in [0.05, 0.1) is 5.39 Å². The van der Waals surface area contributed by atoms with Crippen molar-refractivity contribution < 1.29 is 13.9 Å². The molecule has 2 aromatic rings. The molecule has 0 spiro atoms. The molecule has 1 atom stereocenters. The molecule has 1 aromatic heterocycles. The van der Waals surface area contributed by atoms with E-state index in [2.05, 4.69) is 0 Å². The van der Waals surface area contributed by atoms with Crippen LogP contribution in [-0.4, -0.2) is 11.9 Å². The zero-order valence-electron chi connectivity index (χ0n) is 12.9. The highest BCUT2D eigenvalue weighted by molar-refractivity contribution is 5.88. The first kappa shape index (κ1) is 15.3. The third kappa shape index (κ3) is 3.32. The van der Waals surface area contributed by atoms with Gasteiger partial charge in [-0.25, -0.2) is 4.79 Å². The average molecular weight is 288 g/mol. The molecule has 0 N–H and O–H groups in total. The molecule has 21 heavy (non-hydrogen) atoms. The number of fused-ring (bicyclic) bond motifs is 1. The Morgan fingerprint density at radius 2 is 2.05 bits per heavy atom. The van der Waals surface area contributed by atoms with Crippen molar-refractivity contribution in [2.24, 2.45) is 0 Å². The van der Waals surface area contributed by atoms with E-state index in [0.29, 0.717) is 11.3 Å². The van der Waals surface area contributed by atoms with Gasteiger partial charge in [-0.3, -0.25) is 4.79 Å². The van der Waals surface area contributed by atoms with Gasteiger partial charge in [0.2, 0.25) is 0 Å². The van der Waals surface area contributed by atoms with Crippen LogP contribution >= 0.6 is 0 Å². The smallest absolute Gasteiger partial charge is 0.336 e. The van der Waals surface area contributed by atoms with Gasteiger partial charge in [0, 0.05) is 6.07 Å². The average Bonchev–Trinajstić information content (AvgIpc) is 2.37. The quantitative estimate of drug-likeness (QED) is 0.791. The van der Waals surface area contributed by atoms with Crippen molar-refractivity contribution in [2.45, 2.75) is 46.6 Å². The second-order valence-corrected chi connectivity index (χ2v) is 5.35. The van der Waals surface area contributed by atoms with Crippen LogP contribution in [0.25, 0.3) is 11.0 Å². The number of benzene rings is 1. The molecule has 0 aliphatic rings. The normalized spacial score (nSPS) is 12.4. The van der Waals surface area contributed by atoms with Crippen molar-refractivity contribution in [3.8, 4) is 5.75 Å². The van der Waals surface area contributed by atoms with Crippen molar-refractivity contribution in [3.63, 3.8) is 0 Å². The van der Waals surface area contributed by atoms with Gasteiger partial charge in [-0.2, -0.15) is 0 Å². The van der Waals surface area contributed by atoms with E-state index in [0.717, 1.165) is 29.4 Å². The maximum Gasteiger partial charge on any atom is 0.336 e. The van der Waals surface area contributed by atoms with Crippen molar-refractivity contribution in [3.05, 3.63) is 39.7 Å². The number of ketones is 1. The lowest BCUT2D eigenvalue weighted by Gasteiger charge is -2.16. The van der Waals surface area contributed by atoms with Crippen LogP contribution in [-0.2, 0) is 11.2 Å². The van der Waals surface area contributed by atoms with Crippen LogP contribution < -0.4 is 10.4 Å². The molecule has 0 fully saturated rings. The molecule has 1 heterocycles. The first-order valence-corrected chi connectivity index (χ1v) is 7.17. The number of aryl methyl sites for hydroxylation is 2. The summed E-state index contributed by atoms with van der Waals surface area (Å²) in [6.07, 6.45) is 1.14. The number of ether oxygens (including phenoxy) is 1. The van der Waals surface area contributed by atoms with E-state index in [1.165, 1.54) is 13.0 Å². The number of carbonyl (C=O) groups excluding carboxylic acids is 1. The highest BCUT2D eigenvalue weighted by Crippen LogP contribution is 2.31. The Morgan fingerprint density at radius 1 is 1.33 bits per heavy atom. The second kappa shape index (κ2) is 6.12. The monoisotopic (exact) mass is 288 g/mol. The van der Waals surface area contributed by atoms with Gasteiger partial charge in [-0.15, -0.1) is 0 Å². The van der Waals surface area contributed by atoms with Gasteiger partial charge in [-0.1, -0.05) is 13.3 Å². The molecule has 4 heteroatoms. The van der Waals surface area contributed by atoms with Crippen molar-refractivity contribution in [2.75, 3.05) is 0 Å². The highest BCUT2D eigenvalue weighted by Gasteiger charge is 2.16. The topological polar surface area (TPSA) is 56.5 Å². The van der Waals surface area contributed by atoms with Gasteiger partial charge in [-0.05, 0) is 50.5 Å². The number of hydrogen-bond acceptors (Lipinski definition) is 4. The van der Waals surface area contributed by atoms with Crippen molar-refractivity contribution in [1.82, 2.24) is 0 Å². The molecule has 1 unspecified atom stereocenters. The van der Waals surface area contributed by atoms with E-state index < -0.39 is 6.10 Å². The summed E-state index contributed by atoms with van der Waals surface area (Å²) in [4.78, 5) is 23.1. The third-order valence-electron chi connectivity index (χ3n) is 3.43. The van der Waals surface area contributed by atoms with E-state index >= 15 is 0 Å². The Bertz CT molecular complexity index is 727. The van der Waals surface area contributed by atoms with Gasteiger partial charge >= 0.3 is 5.63 Å². The Balaban J connectivity index is 2.67. The Labute approximate surface area is 123 Å². The number of hydrogen-bond donors (Lipinski definition) is 0. The lowest BCUT2D eigenvalue weighted by molar-refractivity contribution is -0.122. The Morgan fingerprint density at radius 3 is 2.67 bits per heavy atom. The second-order valence-electron chi connectivity index (χ2n) is 5.35. The number of rotatable bonds is 5. The zero-order chi connectivity index (χ0) is 15.6. The van der Waals surface area contributed by atoms with E-state index in [1.54, 1.807) is 6.92 Å². The molecule has 0 aliphatic heterocycles. The van der Waals surface area contributed by atoms with Crippen LogP contribution in [0.1, 0.15) is 38.3 Å². The fourth-order valence-corrected chi connectivity index (χ4v) is 2.30. The molecule has 0 saturated heterocycles. The molecule has 1 aromatic carbocycles. The molecule has 0 amide bonds. The van der Waals surface area contributed by atoms with Gasteiger partial charge in [0.15, 0.2) is 11.9 Å². The summed E-state index contributed by atoms with van der Waals surface area (Å²) in [5, 5.41) is 0.787. The molecule has 0 radical (unpaired) electrons. The maximum absolute atomic E-state index is 11.7. The van der Waals surface area contributed by atoms with E-state index in [-0.39, 0.29) is 11.4 Å². The van der Waals surface area contributed by atoms with Crippen LogP contribution in [0.2, 0.25) is 0 Å². The van der Waals surface area contributed by atoms with Crippen LogP contribution in [0.4, 0.5) is 0 Å². The van der Waals surface area contributed by atoms with Gasteiger partial charge < -0.3 is 9.15 Å². The molecule has 0 saturated carbocycles. The predicted molar refractivity (Wildman–Crippen MR) is 82.0 cm³/mol. The highest BCUT2D eigenvalue weighted by atomic mass is 16.5. The third-order valence-corrected chi connectivity index (χ3v) is 3.43. The Hall–Kier alpha value is -2.10. The van der Waals surface area contributed by atoms with E-state index in [9.17, 15) is 9.59 Å². The summed E-state index contributed by atoms with van der Waals surface area (Å²) in [5.41, 5.74) is 1.97. The molecule has 2 rings (SSSR count). The minimum absolute atomic E-state index is 0.0425.